The first-order valence-corrected chi connectivity index (χ1v) is 15.8. The molecule has 1 amide bonds. The molecule has 0 aliphatic carbocycles. The van der Waals surface area contributed by atoms with Gasteiger partial charge in [-0.1, -0.05) is 62.4 Å². The van der Waals surface area contributed by atoms with Gasteiger partial charge in [0.05, 0.1) is 27.2 Å². The molecule has 1 fully saturated rings. The van der Waals surface area contributed by atoms with E-state index >= 15 is 0 Å². The van der Waals surface area contributed by atoms with Gasteiger partial charge in [0.2, 0.25) is 15.9 Å². The molecular formula is C30H32N4O4S2. The van der Waals surface area contributed by atoms with Crippen molar-refractivity contribution in [2.45, 2.75) is 49.1 Å². The van der Waals surface area contributed by atoms with Crippen molar-refractivity contribution < 1.29 is 13.2 Å². The standard InChI is InChI=1S/C30H32N4O4S2/c1-21(2)24-10-5-7-13-27(24)34-29(36)25-11-4-6-12-26(25)32-30(34)39-20-28(35)31-22-14-16-23(17-15-22)40(37,38)33-18-8-3-9-19-33/h4-7,10-17,21H,3,8-9,18-20H2,1-2H3,(H,31,35). The maximum atomic E-state index is 13.6. The zero-order valence-corrected chi connectivity index (χ0v) is 24.2. The van der Waals surface area contributed by atoms with E-state index in [4.69, 9.17) is 4.98 Å². The third-order valence-corrected chi connectivity index (χ3v) is 9.82. The number of rotatable bonds is 8. The first-order valence-electron chi connectivity index (χ1n) is 13.4. The first kappa shape index (κ1) is 28.1. The van der Waals surface area contributed by atoms with Crippen LogP contribution in [0.5, 0.6) is 0 Å². The predicted molar refractivity (Wildman–Crippen MR) is 160 cm³/mol. The summed E-state index contributed by atoms with van der Waals surface area (Å²) >= 11 is 1.18. The fraction of sp³-hybridized carbons (Fsp3) is 0.300. The number of carbonyl (C=O) groups excluding carboxylic acids is 1. The number of benzene rings is 3. The number of thioether (sulfide) groups is 1. The molecule has 0 unspecified atom stereocenters. The summed E-state index contributed by atoms with van der Waals surface area (Å²) in [5, 5.41) is 3.76. The molecule has 0 bridgehead atoms. The molecule has 208 valence electrons. The Bertz CT molecular complexity index is 1690. The molecule has 0 saturated carbocycles. The van der Waals surface area contributed by atoms with Crippen molar-refractivity contribution in [1.82, 2.24) is 13.9 Å². The second kappa shape index (κ2) is 12.0. The lowest BCUT2D eigenvalue weighted by Gasteiger charge is -2.25. The fourth-order valence-electron chi connectivity index (χ4n) is 4.89. The van der Waals surface area contributed by atoms with Gasteiger partial charge in [0, 0.05) is 18.8 Å². The number of piperidine rings is 1. The number of fused-ring (bicyclic) bond motifs is 1. The Balaban J connectivity index is 1.36. The molecule has 1 aliphatic rings. The van der Waals surface area contributed by atoms with Gasteiger partial charge in [-0.3, -0.25) is 14.2 Å². The Morgan fingerprint density at radius 1 is 0.950 bits per heavy atom. The second-order valence-corrected chi connectivity index (χ2v) is 13.0. The van der Waals surface area contributed by atoms with Crippen LogP contribution in [0.15, 0.2) is 87.6 Å². The van der Waals surface area contributed by atoms with E-state index in [1.807, 2.05) is 36.4 Å². The lowest BCUT2D eigenvalue weighted by Crippen LogP contribution is -2.35. The van der Waals surface area contributed by atoms with Gasteiger partial charge in [0.1, 0.15) is 0 Å². The van der Waals surface area contributed by atoms with Crippen LogP contribution in [0.4, 0.5) is 5.69 Å². The Morgan fingerprint density at radius 2 is 1.62 bits per heavy atom. The third-order valence-electron chi connectivity index (χ3n) is 6.97. The molecule has 0 atom stereocenters. The molecule has 8 nitrogen and oxygen atoms in total. The fourth-order valence-corrected chi connectivity index (χ4v) is 7.22. The molecule has 4 aromatic rings. The molecule has 1 aromatic heterocycles. The second-order valence-electron chi connectivity index (χ2n) is 10.1. The molecule has 0 radical (unpaired) electrons. The molecule has 0 spiro atoms. The van der Waals surface area contributed by atoms with Crippen LogP contribution in [0.25, 0.3) is 16.6 Å². The minimum atomic E-state index is -3.54. The molecular weight excluding hydrogens is 544 g/mol. The summed E-state index contributed by atoms with van der Waals surface area (Å²) in [5.41, 5.74) is 2.63. The highest BCUT2D eigenvalue weighted by atomic mass is 32.2. The van der Waals surface area contributed by atoms with Crippen LogP contribution in [0.1, 0.15) is 44.6 Å². The van der Waals surface area contributed by atoms with Crippen molar-refractivity contribution >= 4 is 44.3 Å². The molecule has 40 heavy (non-hydrogen) atoms. The lowest BCUT2D eigenvalue weighted by molar-refractivity contribution is -0.113. The molecule has 1 saturated heterocycles. The Kier molecular flexibility index (Phi) is 8.39. The normalized spacial score (nSPS) is 14.5. The average molecular weight is 577 g/mol. The number of anilines is 1. The van der Waals surface area contributed by atoms with Crippen molar-refractivity contribution in [3.8, 4) is 5.69 Å². The molecule has 5 rings (SSSR count). The van der Waals surface area contributed by atoms with Crippen molar-refractivity contribution in [2.75, 3.05) is 24.2 Å². The number of carbonyl (C=O) groups is 1. The van der Waals surface area contributed by atoms with Crippen LogP contribution in [0.3, 0.4) is 0 Å². The molecule has 3 aromatic carbocycles. The van der Waals surface area contributed by atoms with Crippen molar-refractivity contribution in [2.24, 2.45) is 0 Å². The van der Waals surface area contributed by atoms with E-state index in [9.17, 15) is 18.0 Å². The number of nitrogens with zero attached hydrogens (tertiary/aromatic N) is 3. The largest absolute Gasteiger partial charge is 0.325 e. The minimum Gasteiger partial charge on any atom is -0.325 e. The molecule has 10 heteroatoms. The van der Waals surface area contributed by atoms with Gasteiger partial charge in [0.15, 0.2) is 5.16 Å². The van der Waals surface area contributed by atoms with E-state index in [0.29, 0.717) is 34.8 Å². The van der Waals surface area contributed by atoms with E-state index < -0.39 is 10.0 Å². The van der Waals surface area contributed by atoms with Gasteiger partial charge in [-0.05, 0) is 66.8 Å². The zero-order valence-electron chi connectivity index (χ0n) is 22.5. The van der Waals surface area contributed by atoms with Gasteiger partial charge in [-0.2, -0.15) is 4.31 Å². The van der Waals surface area contributed by atoms with E-state index in [2.05, 4.69) is 19.2 Å². The van der Waals surface area contributed by atoms with Gasteiger partial charge in [-0.15, -0.1) is 0 Å². The summed E-state index contributed by atoms with van der Waals surface area (Å²) in [5.74, 6) is -0.0946. The summed E-state index contributed by atoms with van der Waals surface area (Å²) in [7, 11) is -3.54. The van der Waals surface area contributed by atoms with Crippen molar-refractivity contribution in [3.63, 3.8) is 0 Å². The maximum Gasteiger partial charge on any atom is 0.266 e. The highest BCUT2D eigenvalue weighted by Gasteiger charge is 2.26. The number of para-hydroxylation sites is 2. The highest BCUT2D eigenvalue weighted by molar-refractivity contribution is 7.99. The Labute approximate surface area is 238 Å². The van der Waals surface area contributed by atoms with Crippen LogP contribution < -0.4 is 10.9 Å². The topological polar surface area (TPSA) is 101 Å². The first-order chi connectivity index (χ1) is 19.3. The summed E-state index contributed by atoms with van der Waals surface area (Å²) in [4.78, 5) is 31.5. The Morgan fingerprint density at radius 3 is 2.35 bits per heavy atom. The summed E-state index contributed by atoms with van der Waals surface area (Å²) in [6, 6.07) is 21.2. The van der Waals surface area contributed by atoms with Crippen LogP contribution in [-0.4, -0.2) is 47.0 Å². The zero-order chi connectivity index (χ0) is 28.3. The smallest absolute Gasteiger partial charge is 0.266 e. The number of aromatic nitrogens is 2. The monoisotopic (exact) mass is 576 g/mol. The SMILES string of the molecule is CC(C)c1ccccc1-n1c(SCC(=O)Nc2ccc(S(=O)(=O)N3CCCCC3)cc2)nc2ccccc2c1=O. The van der Waals surface area contributed by atoms with Gasteiger partial charge < -0.3 is 5.32 Å². The van der Waals surface area contributed by atoms with Crippen LogP contribution in [0, 0.1) is 0 Å². The number of sulfonamides is 1. The lowest BCUT2D eigenvalue weighted by atomic mass is 10.0. The number of nitrogens with one attached hydrogen (secondary N) is 1. The van der Waals surface area contributed by atoms with Crippen molar-refractivity contribution in [3.05, 3.63) is 88.7 Å². The van der Waals surface area contributed by atoms with E-state index in [1.165, 1.54) is 28.2 Å². The Hall–Kier alpha value is -3.47. The van der Waals surface area contributed by atoms with Crippen LogP contribution >= 0.6 is 11.8 Å². The van der Waals surface area contributed by atoms with Crippen LogP contribution in [0.2, 0.25) is 0 Å². The third kappa shape index (κ3) is 5.84. The highest BCUT2D eigenvalue weighted by Crippen LogP contribution is 2.27. The number of hydrogen-bond acceptors (Lipinski definition) is 6. The van der Waals surface area contributed by atoms with Crippen molar-refractivity contribution in [1.29, 1.82) is 0 Å². The summed E-state index contributed by atoms with van der Waals surface area (Å²) in [6.45, 7) is 5.21. The number of amides is 1. The molecule has 1 aliphatic heterocycles. The molecule has 2 heterocycles. The predicted octanol–water partition coefficient (Wildman–Crippen LogP) is 5.41. The van der Waals surface area contributed by atoms with E-state index in [1.54, 1.807) is 28.8 Å². The summed E-state index contributed by atoms with van der Waals surface area (Å²) in [6.07, 6.45) is 2.78. The van der Waals surface area contributed by atoms with Gasteiger partial charge in [0.25, 0.3) is 5.56 Å². The quantitative estimate of drug-likeness (QED) is 0.222. The van der Waals surface area contributed by atoms with Gasteiger partial charge >= 0.3 is 0 Å². The summed E-state index contributed by atoms with van der Waals surface area (Å²) < 4.78 is 28.9. The van der Waals surface area contributed by atoms with E-state index in [0.717, 1.165) is 30.5 Å². The van der Waals surface area contributed by atoms with Gasteiger partial charge in [-0.25, -0.2) is 13.4 Å². The van der Waals surface area contributed by atoms with E-state index in [-0.39, 0.29) is 28.0 Å². The molecule has 1 N–H and O–H groups in total. The number of hydrogen-bond donors (Lipinski definition) is 1. The maximum absolute atomic E-state index is 13.6. The minimum absolute atomic E-state index is 0.0163. The van der Waals surface area contributed by atoms with Crippen LogP contribution in [-0.2, 0) is 14.8 Å². The average Bonchev–Trinajstić information content (AvgIpc) is 2.97.